The second-order valence-corrected chi connectivity index (χ2v) is 7.06. The Kier molecular flexibility index (Phi) is 5.33. The van der Waals surface area contributed by atoms with Gasteiger partial charge in [0, 0.05) is 23.0 Å². The highest BCUT2D eigenvalue weighted by Crippen LogP contribution is 2.20. The second-order valence-electron chi connectivity index (χ2n) is 6.06. The van der Waals surface area contributed by atoms with Crippen molar-refractivity contribution in [1.29, 1.82) is 0 Å². The zero-order chi connectivity index (χ0) is 17.8. The Balaban J connectivity index is 1.56. The summed E-state index contributed by atoms with van der Waals surface area (Å²) in [5.74, 6) is 0.699. The van der Waals surface area contributed by atoms with Crippen LogP contribution in [0.3, 0.4) is 0 Å². The van der Waals surface area contributed by atoms with Gasteiger partial charge in [-0.15, -0.1) is 0 Å². The Hall–Kier alpha value is -2.41. The van der Waals surface area contributed by atoms with Gasteiger partial charge in [-0.1, -0.05) is 17.8 Å². The highest BCUT2D eigenvalue weighted by molar-refractivity contribution is 7.99. The molecule has 25 heavy (non-hydrogen) atoms. The van der Waals surface area contributed by atoms with Gasteiger partial charge in [0.15, 0.2) is 0 Å². The molecule has 1 aromatic carbocycles. The van der Waals surface area contributed by atoms with E-state index < -0.39 is 0 Å². The molecule has 2 amide bonds. The SMILES string of the molecule is Cc1cc(SCC(=O)Nc2cccc(C(=O)NC3CC3)c2)nc(C)n1. The molecule has 6 nitrogen and oxygen atoms in total. The Labute approximate surface area is 150 Å². The monoisotopic (exact) mass is 356 g/mol. The van der Waals surface area contributed by atoms with E-state index in [1.807, 2.05) is 19.9 Å². The van der Waals surface area contributed by atoms with Gasteiger partial charge < -0.3 is 10.6 Å². The largest absolute Gasteiger partial charge is 0.349 e. The van der Waals surface area contributed by atoms with Gasteiger partial charge in [-0.05, 0) is 51.0 Å². The lowest BCUT2D eigenvalue weighted by Crippen LogP contribution is -2.25. The lowest BCUT2D eigenvalue weighted by molar-refractivity contribution is -0.113. The third-order valence-corrected chi connectivity index (χ3v) is 4.53. The van der Waals surface area contributed by atoms with Gasteiger partial charge in [0.05, 0.1) is 5.75 Å². The Bertz CT molecular complexity index is 785. The van der Waals surface area contributed by atoms with Gasteiger partial charge in [0.1, 0.15) is 10.9 Å². The molecule has 0 spiro atoms. The molecule has 0 unspecified atom stereocenters. The van der Waals surface area contributed by atoms with Crippen molar-refractivity contribution in [1.82, 2.24) is 15.3 Å². The van der Waals surface area contributed by atoms with E-state index >= 15 is 0 Å². The number of nitrogens with zero attached hydrogens (tertiary/aromatic N) is 2. The number of nitrogens with one attached hydrogen (secondary N) is 2. The van der Waals surface area contributed by atoms with Gasteiger partial charge in [0.25, 0.3) is 5.91 Å². The predicted octanol–water partition coefficient (Wildman–Crippen LogP) is 2.72. The Morgan fingerprint density at radius 1 is 1.20 bits per heavy atom. The van der Waals surface area contributed by atoms with Crippen LogP contribution < -0.4 is 10.6 Å². The molecule has 2 N–H and O–H groups in total. The number of aryl methyl sites for hydroxylation is 2. The van der Waals surface area contributed by atoms with Crippen LogP contribution in [-0.4, -0.2) is 33.6 Å². The standard InChI is InChI=1S/C18H20N4O2S/c1-11-8-17(20-12(2)19-11)25-10-16(23)21-15-5-3-4-13(9-15)18(24)22-14-6-7-14/h3-5,8-9,14H,6-7,10H2,1-2H3,(H,21,23)(H,22,24). The van der Waals surface area contributed by atoms with Gasteiger partial charge >= 0.3 is 0 Å². The highest BCUT2D eigenvalue weighted by Gasteiger charge is 2.23. The summed E-state index contributed by atoms with van der Waals surface area (Å²) in [7, 11) is 0. The summed E-state index contributed by atoms with van der Waals surface area (Å²) in [5.41, 5.74) is 2.05. The lowest BCUT2D eigenvalue weighted by Gasteiger charge is -2.08. The number of anilines is 1. The maximum absolute atomic E-state index is 12.1. The van der Waals surface area contributed by atoms with Crippen LogP contribution in [0, 0.1) is 13.8 Å². The topological polar surface area (TPSA) is 84.0 Å². The number of carbonyl (C=O) groups is 2. The maximum Gasteiger partial charge on any atom is 0.251 e. The van der Waals surface area contributed by atoms with Crippen molar-refractivity contribution < 1.29 is 9.59 Å². The fourth-order valence-electron chi connectivity index (χ4n) is 2.33. The summed E-state index contributed by atoms with van der Waals surface area (Å²) >= 11 is 1.36. The smallest absolute Gasteiger partial charge is 0.251 e. The Morgan fingerprint density at radius 3 is 2.72 bits per heavy atom. The van der Waals surface area contributed by atoms with E-state index in [9.17, 15) is 9.59 Å². The summed E-state index contributed by atoms with van der Waals surface area (Å²) in [5, 5.41) is 6.54. The third kappa shape index (κ3) is 5.29. The van der Waals surface area contributed by atoms with Crippen molar-refractivity contribution in [2.24, 2.45) is 0 Å². The van der Waals surface area contributed by atoms with Crippen LogP contribution in [0.2, 0.25) is 0 Å². The zero-order valence-electron chi connectivity index (χ0n) is 14.2. The highest BCUT2D eigenvalue weighted by atomic mass is 32.2. The number of hydrogen-bond acceptors (Lipinski definition) is 5. The van der Waals surface area contributed by atoms with Crippen molar-refractivity contribution in [2.45, 2.75) is 37.8 Å². The van der Waals surface area contributed by atoms with E-state index in [0.717, 1.165) is 23.6 Å². The first-order valence-corrected chi connectivity index (χ1v) is 9.14. The molecule has 0 bridgehead atoms. The van der Waals surface area contributed by atoms with Crippen LogP contribution >= 0.6 is 11.8 Å². The van der Waals surface area contributed by atoms with Crippen LogP contribution in [0.5, 0.6) is 0 Å². The summed E-state index contributed by atoms with van der Waals surface area (Å²) in [6.07, 6.45) is 2.09. The van der Waals surface area contributed by atoms with Crippen LogP contribution in [0.25, 0.3) is 0 Å². The van der Waals surface area contributed by atoms with Crippen molar-refractivity contribution in [3.63, 3.8) is 0 Å². The molecule has 0 aliphatic heterocycles. The number of carbonyl (C=O) groups excluding carboxylic acids is 2. The first kappa shape index (κ1) is 17.4. The van der Waals surface area contributed by atoms with Crippen molar-refractivity contribution in [3.05, 3.63) is 47.4 Å². The summed E-state index contributed by atoms with van der Waals surface area (Å²) in [6.45, 7) is 3.73. The van der Waals surface area contributed by atoms with E-state index in [-0.39, 0.29) is 17.6 Å². The summed E-state index contributed by atoms with van der Waals surface area (Å²) in [6, 6.07) is 9.14. The molecule has 7 heteroatoms. The number of aromatic nitrogens is 2. The minimum absolute atomic E-state index is 0.0973. The van der Waals surface area contributed by atoms with E-state index in [2.05, 4.69) is 20.6 Å². The first-order valence-electron chi connectivity index (χ1n) is 8.15. The van der Waals surface area contributed by atoms with Gasteiger partial charge in [-0.2, -0.15) is 0 Å². The predicted molar refractivity (Wildman–Crippen MR) is 97.8 cm³/mol. The van der Waals surface area contributed by atoms with Crippen molar-refractivity contribution in [3.8, 4) is 0 Å². The van der Waals surface area contributed by atoms with E-state index in [4.69, 9.17) is 0 Å². The van der Waals surface area contributed by atoms with Gasteiger partial charge in [-0.25, -0.2) is 9.97 Å². The molecule has 1 saturated carbocycles. The molecule has 130 valence electrons. The van der Waals surface area contributed by atoms with Crippen LogP contribution in [-0.2, 0) is 4.79 Å². The average Bonchev–Trinajstić information content (AvgIpc) is 3.36. The van der Waals surface area contributed by atoms with E-state index in [1.165, 1.54) is 11.8 Å². The molecule has 0 radical (unpaired) electrons. The normalized spacial score (nSPS) is 13.4. The lowest BCUT2D eigenvalue weighted by atomic mass is 10.2. The fraction of sp³-hybridized carbons (Fsp3) is 0.333. The quantitative estimate of drug-likeness (QED) is 0.614. The van der Waals surface area contributed by atoms with E-state index in [1.54, 1.807) is 24.3 Å². The summed E-state index contributed by atoms with van der Waals surface area (Å²) in [4.78, 5) is 32.7. The van der Waals surface area contributed by atoms with Gasteiger partial charge in [-0.3, -0.25) is 9.59 Å². The number of amides is 2. The van der Waals surface area contributed by atoms with Crippen LogP contribution in [0.1, 0.15) is 34.7 Å². The molecule has 1 aliphatic carbocycles. The molecule has 1 fully saturated rings. The average molecular weight is 356 g/mol. The molecule has 2 aromatic rings. The minimum atomic E-state index is -0.140. The van der Waals surface area contributed by atoms with Crippen molar-refractivity contribution in [2.75, 3.05) is 11.1 Å². The zero-order valence-corrected chi connectivity index (χ0v) is 15.0. The third-order valence-electron chi connectivity index (χ3n) is 3.61. The molecular formula is C18H20N4O2S. The number of rotatable bonds is 6. The van der Waals surface area contributed by atoms with Crippen LogP contribution in [0.15, 0.2) is 35.4 Å². The number of thioether (sulfide) groups is 1. The van der Waals surface area contributed by atoms with E-state index in [0.29, 0.717) is 23.1 Å². The first-order chi connectivity index (χ1) is 12.0. The maximum atomic E-state index is 12.1. The molecular weight excluding hydrogens is 336 g/mol. The minimum Gasteiger partial charge on any atom is -0.349 e. The molecule has 0 atom stereocenters. The number of hydrogen-bond donors (Lipinski definition) is 2. The van der Waals surface area contributed by atoms with Gasteiger partial charge in [0.2, 0.25) is 5.91 Å². The molecule has 0 saturated heterocycles. The van der Waals surface area contributed by atoms with Crippen molar-refractivity contribution >= 4 is 29.3 Å². The second kappa shape index (κ2) is 7.65. The fourth-order valence-corrected chi connectivity index (χ4v) is 3.13. The molecule has 1 aromatic heterocycles. The summed E-state index contributed by atoms with van der Waals surface area (Å²) < 4.78 is 0. The Morgan fingerprint density at radius 2 is 2.00 bits per heavy atom. The van der Waals surface area contributed by atoms with Crippen LogP contribution in [0.4, 0.5) is 5.69 Å². The molecule has 3 rings (SSSR count). The molecule has 1 heterocycles. The molecule has 1 aliphatic rings. The number of benzene rings is 1.